The van der Waals surface area contributed by atoms with Crippen LogP contribution in [0.4, 0.5) is 0 Å². The van der Waals surface area contributed by atoms with Gasteiger partial charge in [0.25, 0.3) is 0 Å². The first kappa shape index (κ1) is 17.4. The quantitative estimate of drug-likeness (QED) is 0.766. The topological polar surface area (TPSA) is 74.6 Å². The van der Waals surface area contributed by atoms with Crippen molar-refractivity contribution >= 4 is 11.6 Å². The minimum Gasteiger partial charge on any atom is -0.389 e. The third-order valence-electron chi connectivity index (χ3n) is 8.64. The molecular formula is C21H30O4. The summed E-state index contributed by atoms with van der Waals surface area (Å²) in [5.74, 6) is 0.943. The number of aliphatic hydroxyl groups is 2. The summed E-state index contributed by atoms with van der Waals surface area (Å²) < 4.78 is 0. The zero-order valence-corrected chi connectivity index (χ0v) is 15.5. The van der Waals surface area contributed by atoms with E-state index in [9.17, 15) is 19.8 Å². The third-order valence-corrected chi connectivity index (χ3v) is 8.64. The summed E-state index contributed by atoms with van der Waals surface area (Å²) in [4.78, 5) is 25.1. The van der Waals surface area contributed by atoms with Crippen LogP contribution >= 0.6 is 0 Å². The monoisotopic (exact) mass is 346 g/mol. The predicted octanol–water partition coefficient (Wildman–Crippen LogP) is 2.81. The van der Waals surface area contributed by atoms with Gasteiger partial charge in [0.15, 0.2) is 11.6 Å². The number of ketones is 2. The molecule has 0 aromatic rings. The van der Waals surface area contributed by atoms with Crippen LogP contribution in [0.1, 0.15) is 65.7 Å². The van der Waals surface area contributed by atoms with Crippen molar-refractivity contribution in [2.24, 2.45) is 28.6 Å². The summed E-state index contributed by atoms with van der Waals surface area (Å²) in [6.45, 7) is 5.79. The molecule has 25 heavy (non-hydrogen) atoms. The highest BCUT2D eigenvalue weighted by Crippen LogP contribution is 2.67. The van der Waals surface area contributed by atoms with E-state index in [0.29, 0.717) is 18.8 Å². The normalized spacial score (nSPS) is 52.0. The van der Waals surface area contributed by atoms with Gasteiger partial charge in [0.2, 0.25) is 0 Å². The molecule has 4 nitrogen and oxygen atoms in total. The van der Waals surface area contributed by atoms with E-state index in [1.54, 1.807) is 6.08 Å². The first-order chi connectivity index (χ1) is 11.6. The molecular weight excluding hydrogens is 316 g/mol. The Kier molecular flexibility index (Phi) is 3.66. The van der Waals surface area contributed by atoms with Gasteiger partial charge in [0.05, 0.1) is 6.10 Å². The van der Waals surface area contributed by atoms with E-state index >= 15 is 0 Å². The Morgan fingerprint density at radius 2 is 1.80 bits per heavy atom. The van der Waals surface area contributed by atoms with Gasteiger partial charge in [0.1, 0.15) is 5.60 Å². The minimum absolute atomic E-state index is 0.120. The predicted molar refractivity (Wildman–Crippen MR) is 93.7 cm³/mol. The number of hydrogen-bond acceptors (Lipinski definition) is 4. The minimum atomic E-state index is -1.23. The largest absolute Gasteiger partial charge is 0.389 e. The maximum Gasteiger partial charge on any atom is 0.161 e. The van der Waals surface area contributed by atoms with Crippen molar-refractivity contribution in [2.75, 3.05) is 0 Å². The number of rotatable bonds is 1. The van der Waals surface area contributed by atoms with Gasteiger partial charge in [-0.25, -0.2) is 0 Å². The standard InChI is InChI=1S/C21H30O4/c1-12(22)21(25)9-6-16-14-11-18(24)17-10-13(23)4-7-19(17,2)15(14)5-8-20(16,21)3/h10,13-16,23,25H,4-9,11H2,1-3H3/t13-,14-,15+,16+,19-,20+,21+/m1/s1. The van der Waals surface area contributed by atoms with Crippen LogP contribution in [-0.2, 0) is 9.59 Å². The van der Waals surface area contributed by atoms with Gasteiger partial charge in [-0.1, -0.05) is 13.8 Å². The van der Waals surface area contributed by atoms with Crippen molar-refractivity contribution in [3.8, 4) is 0 Å². The molecule has 138 valence electrons. The molecule has 0 heterocycles. The van der Waals surface area contributed by atoms with Crippen molar-refractivity contribution in [3.63, 3.8) is 0 Å². The molecule has 0 aromatic carbocycles. The van der Waals surface area contributed by atoms with Crippen LogP contribution in [0.25, 0.3) is 0 Å². The molecule has 2 N–H and O–H groups in total. The Morgan fingerprint density at radius 1 is 1.12 bits per heavy atom. The van der Waals surface area contributed by atoms with Crippen molar-refractivity contribution in [1.82, 2.24) is 0 Å². The Morgan fingerprint density at radius 3 is 2.48 bits per heavy atom. The Labute approximate surface area is 149 Å². The lowest BCUT2D eigenvalue weighted by molar-refractivity contribution is -0.161. The van der Waals surface area contributed by atoms with E-state index in [0.717, 1.165) is 37.7 Å². The first-order valence-corrected chi connectivity index (χ1v) is 9.80. The van der Waals surface area contributed by atoms with Gasteiger partial charge < -0.3 is 10.2 Å². The molecule has 4 rings (SSSR count). The third kappa shape index (κ3) is 2.07. The lowest BCUT2D eigenvalue weighted by atomic mass is 9.46. The molecule has 7 atom stereocenters. The van der Waals surface area contributed by atoms with Crippen LogP contribution in [0.3, 0.4) is 0 Å². The molecule has 4 aliphatic rings. The Bertz CT molecular complexity index is 667. The van der Waals surface area contributed by atoms with E-state index < -0.39 is 17.1 Å². The molecule has 4 heteroatoms. The van der Waals surface area contributed by atoms with Crippen LogP contribution in [-0.4, -0.2) is 33.5 Å². The number of Topliss-reactive ketones (excluding diaryl/α,β-unsaturated/α-hetero) is 2. The summed E-state index contributed by atoms with van der Waals surface area (Å²) >= 11 is 0. The van der Waals surface area contributed by atoms with E-state index in [-0.39, 0.29) is 28.8 Å². The molecule has 0 bridgehead atoms. The molecule has 4 aliphatic carbocycles. The highest BCUT2D eigenvalue weighted by molar-refractivity contribution is 5.98. The van der Waals surface area contributed by atoms with E-state index in [1.807, 2.05) is 0 Å². The van der Waals surface area contributed by atoms with Gasteiger partial charge >= 0.3 is 0 Å². The van der Waals surface area contributed by atoms with Crippen molar-refractivity contribution in [2.45, 2.75) is 77.4 Å². The van der Waals surface area contributed by atoms with Crippen LogP contribution in [0, 0.1) is 28.6 Å². The Hall–Kier alpha value is -1.00. The van der Waals surface area contributed by atoms with Crippen LogP contribution < -0.4 is 0 Å². The second-order valence-electron chi connectivity index (χ2n) is 9.52. The van der Waals surface area contributed by atoms with Gasteiger partial charge in [-0.2, -0.15) is 0 Å². The lowest BCUT2D eigenvalue weighted by Crippen LogP contribution is -2.58. The zero-order valence-electron chi connectivity index (χ0n) is 15.5. The number of fused-ring (bicyclic) bond motifs is 5. The molecule has 0 spiro atoms. The van der Waals surface area contributed by atoms with Crippen molar-refractivity contribution in [1.29, 1.82) is 0 Å². The second kappa shape index (κ2) is 5.26. The molecule has 0 aliphatic heterocycles. The number of hydrogen-bond donors (Lipinski definition) is 2. The van der Waals surface area contributed by atoms with Crippen LogP contribution in [0.15, 0.2) is 11.6 Å². The highest BCUT2D eigenvalue weighted by Gasteiger charge is 2.66. The summed E-state index contributed by atoms with van der Waals surface area (Å²) in [7, 11) is 0. The zero-order chi connectivity index (χ0) is 18.2. The fraction of sp³-hybridized carbons (Fsp3) is 0.810. The molecule has 0 radical (unpaired) electrons. The van der Waals surface area contributed by atoms with Crippen LogP contribution in [0.5, 0.6) is 0 Å². The average molecular weight is 346 g/mol. The van der Waals surface area contributed by atoms with Gasteiger partial charge in [-0.05, 0) is 80.3 Å². The molecule has 3 fully saturated rings. The van der Waals surface area contributed by atoms with E-state index in [1.165, 1.54) is 6.92 Å². The number of carbonyl (C=O) groups is 2. The molecule has 0 aromatic heterocycles. The summed E-state index contributed by atoms with van der Waals surface area (Å²) in [6.07, 6.45) is 6.54. The van der Waals surface area contributed by atoms with Crippen molar-refractivity contribution in [3.05, 3.63) is 11.6 Å². The molecule has 3 saturated carbocycles. The van der Waals surface area contributed by atoms with Gasteiger partial charge in [-0.3, -0.25) is 9.59 Å². The molecule has 0 amide bonds. The number of carbonyl (C=O) groups excluding carboxylic acids is 2. The van der Waals surface area contributed by atoms with E-state index in [2.05, 4.69) is 13.8 Å². The fourth-order valence-corrected chi connectivity index (χ4v) is 7.13. The van der Waals surface area contributed by atoms with Crippen LogP contribution in [0.2, 0.25) is 0 Å². The maximum atomic E-state index is 12.9. The SMILES string of the molecule is CC(=O)[C@@]1(O)CC[C@H]2[C@@H]3CC(=O)C4=C[C@H](O)CC[C@]4(C)[C@H]3CC[C@@]21C. The van der Waals surface area contributed by atoms with E-state index in [4.69, 9.17) is 0 Å². The fourth-order valence-electron chi connectivity index (χ4n) is 7.13. The lowest BCUT2D eigenvalue weighted by Gasteiger charge is -2.58. The molecule has 0 unspecified atom stereocenters. The Balaban J connectivity index is 1.74. The molecule has 0 saturated heterocycles. The summed E-state index contributed by atoms with van der Waals surface area (Å²) in [5, 5.41) is 21.1. The average Bonchev–Trinajstić information content (AvgIpc) is 2.83. The highest BCUT2D eigenvalue weighted by atomic mass is 16.3. The maximum absolute atomic E-state index is 12.9. The second-order valence-corrected chi connectivity index (χ2v) is 9.52. The van der Waals surface area contributed by atoms with Gasteiger partial charge in [0, 0.05) is 11.8 Å². The number of allylic oxidation sites excluding steroid dienone is 1. The van der Waals surface area contributed by atoms with Gasteiger partial charge in [-0.15, -0.1) is 0 Å². The summed E-state index contributed by atoms with van der Waals surface area (Å²) in [6, 6.07) is 0. The first-order valence-electron chi connectivity index (χ1n) is 9.80. The summed E-state index contributed by atoms with van der Waals surface area (Å²) in [5.41, 5.74) is -0.953. The van der Waals surface area contributed by atoms with Crippen molar-refractivity contribution < 1.29 is 19.8 Å². The number of aliphatic hydroxyl groups excluding tert-OH is 1. The smallest absolute Gasteiger partial charge is 0.161 e.